The van der Waals surface area contributed by atoms with E-state index < -0.39 is 0 Å². The molecule has 230 valence electrons. The minimum absolute atomic E-state index is 0.880. The molecule has 49 heavy (non-hydrogen) atoms. The van der Waals surface area contributed by atoms with Crippen molar-refractivity contribution < 1.29 is 4.42 Å². The van der Waals surface area contributed by atoms with Crippen LogP contribution in [0.1, 0.15) is 0 Å². The zero-order valence-corrected chi connectivity index (χ0v) is 27.3. The van der Waals surface area contributed by atoms with E-state index in [0.29, 0.717) is 0 Å². The van der Waals surface area contributed by atoms with Gasteiger partial charge in [-0.1, -0.05) is 109 Å². The molecule has 0 bridgehead atoms. The fraction of sp³-hybridized carbons (Fsp3) is 0. The van der Waals surface area contributed by atoms with E-state index in [9.17, 15) is 0 Å². The third-order valence-corrected chi connectivity index (χ3v) is 10.8. The lowest BCUT2D eigenvalue weighted by molar-refractivity contribution is 0.669. The van der Waals surface area contributed by atoms with Crippen LogP contribution in [0.2, 0.25) is 0 Å². The molecule has 10 rings (SSSR count). The summed E-state index contributed by atoms with van der Waals surface area (Å²) in [5, 5.41) is 7.41. The summed E-state index contributed by atoms with van der Waals surface area (Å²) < 4.78 is 8.99. The number of para-hydroxylation sites is 1. The second-order valence-electron chi connectivity index (χ2n) is 12.6. The Labute approximate surface area is 287 Å². The van der Waals surface area contributed by atoms with Gasteiger partial charge in [-0.05, 0) is 99.8 Å². The third kappa shape index (κ3) is 4.70. The van der Waals surface area contributed by atoms with Gasteiger partial charge in [-0.25, -0.2) is 0 Å². The summed E-state index contributed by atoms with van der Waals surface area (Å²) in [6.07, 6.45) is 0. The summed E-state index contributed by atoms with van der Waals surface area (Å²) in [7, 11) is 0. The second-order valence-corrected chi connectivity index (χ2v) is 13.6. The van der Waals surface area contributed by atoms with Crippen molar-refractivity contribution in [1.82, 2.24) is 0 Å². The molecule has 0 amide bonds. The minimum Gasteiger partial charge on any atom is -0.456 e. The van der Waals surface area contributed by atoms with Crippen LogP contribution in [0, 0.1) is 0 Å². The smallest absolute Gasteiger partial charge is 0.137 e. The average molecular weight is 644 g/mol. The molecule has 0 aliphatic heterocycles. The molecule has 10 aromatic rings. The van der Waals surface area contributed by atoms with E-state index in [1.807, 2.05) is 23.5 Å². The molecule has 0 aliphatic rings. The summed E-state index contributed by atoms with van der Waals surface area (Å²) in [6.45, 7) is 0. The molecule has 0 saturated carbocycles. The van der Waals surface area contributed by atoms with Crippen molar-refractivity contribution in [3.63, 3.8) is 0 Å². The summed E-state index contributed by atoms with van der Waals surface area (Å²) in [4.78, 5) is 2.35. The van der Waals surface area contributed by atoms with Gasteiger partial charge in [0.2, 0.25) is 0 Å². The van der Waals surface area contributed by atoms with Crippen LogP contribution in [0.4, 0.5) is 17.1 Å². The monoisotopic (exact) mass is 643 g/mol. The number of benzene rings is 8. The molecule has 0 radical (unpaired) electrons. The average Bonchev–Trinajstić information content (AvgIpc) is 3.73. The van der Waals surface area contributed by atoms with Gasteiger partial charge in [0.25, 0.3) is 0 Å². The number of furan rings is 1. The number of hydrogen-bond acceptors (Lipinski definition) is 3. The fourth-order valence-corrected chi connectivity index (χ4v) is 8.39. The first-order chi connectivity index (χ1) is 24.3. The van der Waals surface area contributed by atoms with Gasteiger partial charge in [0.15, 0.2) is 0 Å². The molecule has 2 heterocycles. The number of rotatable bonds is 5. The van der Waals surface area contributed by atoms with E-state index in [1.165, 1.54) is 53.2 Å². The van der Waals surface area contributed by atoms with Gasteiger partial charge in [0.05, 0.1) is 11.1 Å². The Hall–Kier alpha value is -6.16. The summed E-state index contributed by atoms with van der Waals surface area (Å²) in [6, 6.07) is 63.2. The van der Waals surface area contributed by atoms with Crippen molar-refractivity contribution in [2.24, 2.45) is 0 Å². The van der Waals surface area contributed by atoms with Crippen LogP contribution in [0.3, 0.4) is 0 Å². The zero-order valence-electron chi connectivity index (χ0n) is 26.5. The van der Waals surface area contributed by atoms with Crippen LogP contribution in [0.5, 0.6) is 0 Å². The largest absolute Gasteiger partial charge is 0.456 e. The molecule has 0 spiro atoms. The molecule has 0 fully saturated rings. The lowest BCUT2D eigenvalue weighted by atomic mass is 9.99. The molecule has 3 heteroatoms. The Morgan fingerprint density at radius 3 is 1.82 bits per heavy atom. The summed E-state index contributed by atoms with van der Waals surface area (Å²) >= 11 is 1.87. The first kappa shape index (κ1) is 27.9. The Bertz CT molecular complexity index is 2810. The van der Waals surface area contributed by atoms with Gasteiger partial charge in [0, 0.05) is 36.9 Å². The number of anilines is 3. The molecular formula is C46H29NOS. The van der Waals surface area contributed by atoms with Gasteiger partial charge in [-0.2, -0.15) is 0 Å². The van der Waals surface area contributed by atoms with Crippen molar-refractivity contribution in [3.8, 4) is 22.3 Å². The zero-order chi connectivity index (χ0) is 32.3. The Kier molecular flexibility index (Phi) is 6.39. The molecule has 2 nitrogen and oxygen atoms in total. The maximum Gasteiger partial charge on any atom is 0.137 e. The van der Waals surface area contributed by atoms with Crippen molar-refractivity contribution in [1.29, 1.82) is 0 Å². The maximum absolute atomic E-state index is 6.32. The SMILES string of the molecule is c1ccc(-c2ccc(N(c3ccc(-c4ccc5cc6sc7ccccc7c6cc5c4)cc3)c3cccc4oc5ccccc5c34)cc2)cc1. The van der Waals surface area contributed by atoms with Gasteiger partial charge in [0.1, 0.15) is 11.2 Å². The van der Waals surface area contributed by atoms with Gasteiger partial charge in [-0.15, -0.1) is 11.3 Å². The minimum atomic E-state index is 0.880. The van der Waals surface area contributed by atoms with Crippen LogP contribution in [0.25, 0.3) is 75.1 Å². The molecular weight excluding hydrogens is 615 g/mol. The first-order valence-corrected chi connectivity index (χ1v) is 17.4. The molecule has 8 aromatic carbocycles. The Morgan fingerprint density at radius 2 is 1.02 bits per heavy atom. The highest BCUT2D eigenvalue weighted by Gasteiger charge is 2.19. The number of thiophene rings is 1. The van der Waals surface area contributed by atoms with Crippen LogP contribution in [-0.4, -0.2) is 0 Å². The van der Waals surface area contributed by atoms with E-state index in [4.69, 9.17) is 4.42 Å². The van der Waals surface area contributed by atoms with Crippen LogP contribution >= 0.6 is 11.3 Å². The lowest BCUT2D eigenvalue weighted by Crippen LogP contribution is -2.10. The van der Waals surface area contributed by atoms with E-state index in [1.54, 1.807) is 0 Å². The van der Waals surface area contributed by atoms with Crippen LogP contribution < -0.4 is 4.90 Å². The normalized spacial score (nSPS) is 11.7. The van der Waals surface area contributed by atoms with Crippen molar-refractivity contribution >= 4 is 81.3 Å². The quantitative estimate of drug-likeness (QED) is 0.186. The molecule has 0 N–H and O–H groups in total. The Morgan fingerprint density at radius 1 is 0.388 bits per heavy atom. The predicted octanol–water partition coefficient (Wildman–Crippen LogP) is 13.9. The molecule has 2 aromatic heterocycles. The number of nitrogens with zero attached hydrogens (tertiary/aromatic N) is 1. The molecule has 0 unspecified atom stereocenters. The first-order valence-electron chi connectivity index (χ1n) is 16.6. The Balaban J connectivity index is 1.09. The van der Waals surface area contributed by atoms with Crippen molar-refractivity contribution in [3.05, 3.63) is 176 Å². The van der Waals surface area contributed by atoms with E-state index >= 15 is 0 Å². The molecule has 0 atom stereocenters. The highest BCUT2D eigenvalue weighted by molar-refractivity contribution is 7.25. The number of fused-ring (bicyclic) bond motifs is 7. The van der Waals surface area contributed by atoms with Gasteiger partial charge < -0.3 is 9.32 Å². The lowest BCUT2D eigenvalue weighted by Gasteiger charge is -2.26. The predicted molar refractivity (Wildman–Crippen MR) is 210 cm³/mol. The molecule has 0 saturated heterocycles. The second kappa shape index (κ2) is 11.2. The topological polar surface area (TPSA) is 16.4 Å². The summed E-state index contributed by atoms with van der Waals surface area (Å²) in [5.74, 6) is 0. The third-order valence-electron chi connectivity index (χ3n) is 9.65. The van der Waals surface area contributed by atoms with E-state index in [-0.39, 0.29) is 0 Å². The van der Waals surface area contributed by atoms with Gasteiger partial charge in [-0.3, -0.25) is 0 Å². The highest BCUT2D eigenvalue weighted by Crippen LogP contribution is 2.44. The standard InChI is InChI=1S/C46H29NOS/c1-2-9-30(10-3-1)31-19-23-36(24-20-31)47(41-13-8-15-43-46(41)39-12-4-6-14-42(39)48-43)37-25-21-32(22-26-37)33-17-18-34-29-45-40(28-35(34)27-33)38-11-5-7-16-44(38)49-45/h1-29H. The van der Waals surface area contributed by atoms with Crippen molar-refractivity contribution in [2.45, 2.75) is 0 Å². The van der Waals surface area contributed by atoms with Crippen molar-refractivity contribution in [2.75, 3.05) is 4.90 Å². The molecule has 0 aliphatic carbocycles. The number of hydrogen-bond donors (Lipinski definition) is 0. The maximum atomic E-state index is 6.32. The van der Waals surface area contributed by atoms with Crippen LogP contribution in [-0.2, 0) is 0 Å². The van der Waals surface area contributed by atoms with Gasteiger partial charge >= 0.3 is 0 Å². The van der Waals surface area contributed by atoms with E-state index in [0.717, 1.165) is 39.0 Å². The fourth-order valence-electron chi connectivity index (χ4n) is 7.25. The van der Waals surface area contributed by atoms with Crippen LogP contribution in [0.15, 0.2) is 180 Å². The highest BCUT2D eigenvalue weighted by atomic mass is 32.1. The summed E-state index contributed by atoms with van der Waals surface area (Å²) in [5.41, 5.74) is 9.82. The van der Waals surface area contributed by atoms with E-state index in [2.05, 4.69) is 169 Å².